The van der Waals surface area contributed by atoms with Crippen molar-refractivity contribution >= 4 is 22.5 Å². The van der Waals surface area contributed by atoms with Crippen molar-refractivity contribution in [2.45, 2.75) is 6.92 Å². The van der Waals surface area contributed by atoms with Crippen molar-refractivity contribution in [3.05, 3.63) is 34.5 Å². The standard InChI is InChI=1S/C9H6ClF2N/c1-4-9(10)8-6(12)2-5(11)3-7(8)13-4/h2-3,13H,1H3. The monoisotopic (exact) mass is 201 g/mol. The molecular formula is C9H6ClF2N. The van der Waals surface area contributed by atoms with E-state index < -0.39 is 11.6 Å². The Kier molecular flexibility index (Phi) is 1.77. The fourth-order valence-corrected chi connectivity index (χ4v) is 1.58. The van der Waals surface area contributed by atoms with Gasteiger partial charge in [-0.1, -0.05) is 11.6 Å². The van der Waals surface area contributed by atoms with Crippen LogP contribution in [0.2, 0.25) is 5.02 Å². The summed E-state index contributed by atoms with van der Waals surface area (Å²) in [6.45, 7) is 1.71. The molecule has 4 heteroatoms. The minimum absolute atomic E-state index is 0.251. The molecule has 68 valence electrons. The number of aromatic nitrogens is 1. The third-order valence-electron chi connectivity index (χ3n) is 1.93. The number of rotatable bonds is 0. The van der Waals surface area contributed by atoms with Crippen LogP contribution in [-0.4, -0.2) is 4.98 Å². The van der Waals surface area contributed by atoms with E-state index in [4.69, 9.17) is 11.6 Å². The Hall–Kier alpha value is -1.09. The molecule has 0 amide bonds. The Labute approximate surface area is 78.3 Å². The number of hydrogen-bond acceptors (Lipinski definition) is 0. The number of halogens is 3. The van der Waals surface area contributed by atoms with Gasteiger partial charge in [-0.3, -0.25) is 0 Å². The third-order valence-corrected chi connectivity index (χ3v) is 2.40. The van der Waals surface area contributed by atoms with Crippen LogP contribution in [0.3, 0.4) is 0 Å². The van der Waals surface area contributed by atoms with Gasteiger partial charge in [0, 0.05) is 11.8 Å². The summed E-state index contributed by atoms with van der Waals surface area (Å²) >= 11 is 5.81. The molecule has 0 saturated carbocycles. The summed E-state index contributed by atoms with van der Waals surface area (Å²) in [6, 6.07) is 2.04. The maximum atomic E-state index is 13.2. The molecule has 0 aliphatic carbocycles. The highest BCUT2D eigenvalue weighted by Crippen LogP contribution is 2.29. The van der Waals surface area contributed by atoms with Crippen molar-refractivity contribution in [2.24, 2.45) is 0 Å². The first kappa shape index (κ1) is 8.51. The van der Waals surface area contributed by atoms with Crippen LogP contribution in [0.4, 0.5) is 8.78 Å². The van der Waals surface area contributed by atoms with Crippen LogP contribution in [0.5, 0.6) is 0 Å². The van der Waals surface area contributed by atoms with Gasteiger partial charge < -0.3 is 4.98 Å². The van der Waals surface area contributed by atoms with Crippen molar-refractivity contribution in [1.29, 1.82) is 0 Å². The molecule has 1 aromatic heterocycles. The highest BCUT2D eigenvalue weighted by atomic mass is 35.5. The molecule has 13 heavy (non-hydrogen) atoms. The predicted molar refractivity (Wildman–Crippen MR) is 48.0 cm³/mol. The number of nitrogens with one attached hydrogen (secondary N) is 1. The van der Waals surface area contributed by atoms with Crippen LogP contribution < -0.4 is 0 Å². The smallest absolute Gasteiger partial charge is 0.137 e. The second kappa shape index (κ2) is 2.70. The van der Waals surface area contributed by atoms with Crippen molar-refractivity contribution in [3.63, 3.8) is 0 Å². The van der Waals surface area contributed by atoms with E-state index in [0.717, 1.165) is 6.07 Å². The quantitative estimate of drug-likeness (QED) is 0.672. The maximum Gasteiger partial charge on any atom is 0.137 e. The molecule has 1 nitrogen and oxygen atoms in total. The third kappa shape index (κ3) is 1.20. The number of benzene rings is 1. The number of H-pyrrole nitrogens is 1. The van der Waals surface area contributed by atoms with Crippen molar-refractivity contribution in [3.8, 4) is 0 Å². The zero-order valence-corrected chi connectivity index (χ0v) is 7.54. The van der Waals surface area contributed by atoms with Gasteiger partial charge in [0.25, 0.3) is 0 Å². The molecule has 1 aromatic carbocycles. The molecule has 0 spiro atoms. The molecule has 0 aliphatic heterocycles. The Bertz CT molecular complexity index is 476. The van der Waals surface area contributed by atoms with Crippen LogP contribution in [-0.2, 0) is 0 Å². The van der Waals surface area contributed by atoms with E-state index in [1.165, 1.54) is 6.07 Å². The van der Waals surface area contributed by atoms with Crippen molar-refractivity contribution in [1.82, 2.24) is 4.98 Å². The summed E-state index contributed by atoms with van der Waals surface area (Å²) in [5.74, 6) is -1.24. The largest absolute Gasteiger partial charge is 0.357 e. The molecule has 0 saturated heterocycles. The Morgan fingerprint density at radius 3 is 2.69 bits per heavy atom. The molecule has 0 atom stereocenters. The summed E-state index contributed by atoms with van der Waals surface area (Å²) in [5, 5.41) is 0.563. The average Bonchev–Trinajstić information content (AvgIpc) is 2.27. The van der Waals surface area contributed by atoms with Gasteiger partial charge in [0.1, 0.15) is 11.6 Å². The summed E-state index contributed by atoms with van der Waals surface area (Å²) < 4.78 is 25.9. The molecule has 2 rings (SSSR count). The fourth-order valence-electron chi connectivity index (χ4n) is 1.34. The van der Waals surface area contributed by atoms with Crippen LogP contribution in [0.15, 0.2) is 12.1 Å². The van der Waals surface area contributed by atoms with Gasteiger partial charge in [0.15, 0.2) is 0 Å². The van der Waals surface area contributed by atoms with Crippen LogP contribution in [0, 0.1) is 18.6 Å². The first-order valence-corrected chi connectivity index (χ1v) is 4.10. The minimum atomic E-state index is -0.635. The zero-order valence-electron chi connectivity index (χ0n) is 6.79. The average molecular weight is 202 g/mol. The first-order valence-electron chi connectivity index (χ1n) is 3.72. The van der Waals surface area contributed by atoms with E-state index >= 15 is 0 Å². The van der Waals surface area contributed by atoms with Crippen LogP contribution in [0.25, 0.3) is 10.9 Å². The highest BCUT2D eigenvalue weighted by Gasteiger charge is 2.11. The number of fused-ring (bicyclic) bond motifs is 1. The zero-order chi connectivity index (χ0) is 9.59. The Morgan fingerprint density at radius 1 is 1.31 bits per heavy atom. The second-order valence-electron chi connectivity index (χ2n) is 2.87. The first-order chi connectivity index (χ1) is 6.09. The van der Waals surface area contributed by atoms with Gasteiger partial charge in [0.05, 0.1) is 15.9 Å². The van der Waals surface area contributed by atoms with Gasteiger partial charge in [-0.2, -0.15) is 0 Å². The molecule has 1 heterocycles. The van der Waals surface area contributed by atoms with E-state index in [1.54, 1.807) is 6.92 Å². The van der Waals surface area contributed by atoms with Gasteiger partial charge in [-0.15, -0.1) is 0 Å². The van der Waals surface area contributed by atoms with Crippen molar-refractivity contribution in [2.75, 3.05) is 0 Å². The van der Waals surface area contributed by atoms with Crippen LogP contribution in [0.1, 0.15) is 5.69 Å². The molecular weight excluding hydrogens is 196 g/mol. The lowest BCUT2D eigenvalue weighted by Gasteiger charge is -1.93. The Balaban J connectivity index is 2.94. The lowest BCUT2D eigenvalue weighted by Crippen LogP contribution is -1.80. The second-order valence-corrected chi connectivity index (χ2v) is 3.25. The van der Waals surface area contributed by atoms with Gasteiger partial charge >= 0.3 is 0 Å². The van der Waals surface area contributed by atoms with E-state index in [9.17, 15) is 8.78 Å². The summed E-state index contributed by atoms with van der Waals surface area (Å²) in [5.41, 5.74) is 1.03. The normalized spacial score (nSPS) is 11.1. The van der Waals surface area contributed by atoms with Gasteiger partial charge in [-0.25, -0.2) is 8.78 Å². The molecule has 0 fully saturated rings. The SMILES string of the molecule is Cc1[nH]c2cc(F)cc(F)c2c1Cl. The molecule has 0 radical (unpaired) electrons. The highest BCUT2D eigenvalue weighted by molar-refractivity contribution is 6.36. The Morgan fingerprint density at radius 2 is 2.00 bits per heavy atom. The topological polar surface area (TPSA) is 15.8 Å². The number of aryl methyl sites for hydroxylation is 1. The summed E-state index contributed by atoms with van der Waals surface area (Å²) in [4.78, 5) is 2.80. The lowest BCUT2D eigenvalue weighted by atomic mass is 10.2. The number of hydrogen-bond donors (Lipinski definition) is 1. The predicted octanol–water partition coefficient (Wildman–Crippen LogP) is 3.41. The van der Waals surface area contributed by atoms with E-state index in [0.29, 0.717) is 16.2 Å². The molecule has 0 unspecified atom stereocenters. The molecule has 2 aromatic rings. The maximum absolute atomic E-state index is 13.2. The fraction of sp³-hybridized carbons (Fsp3) is 0.111. The molecule has 0 aliphatic rings. The van der Waals surface area contributed by atoms with E-state index in [-0.39, 0.29) is 5.39 Å². The van der Waals surface area contributed by atoms with Gasteiger partial charge in [-0.05, 0) is 13.0 Å². The summed E-state index contributed by atoms with van der Waals surface area (Å²) in [7, 11) is 0. The van der Waals surface area contributed by atoms with Crippen molar-refractivity contribution < 1.29 is 8.78 Å². The lowest BCUT2D eigenvalue weighted by molar-refractivity contribution is 0.592. The van der Waals surface area contributed by atoms with E-state index in [2.05, 4.69) is 4.98 Å². The van der Waals surface area contributed by atoms with Crippen LogP contribution >= 0.6 is 11.6 Å². The van der Waals surface area contributed by atoms with Gasteiger partial charge in [0.2, 0.25) is 0 Å². The summed E-state index contributed by atoms with van der Waals surface area (Å²) in [6.07, 6.45) is 0. The number of aromatic amines is 1. The molecule has 1 N–H and O–H groups in total. The molecule has 0 bridgehead atoms. The van der Waals surface area contributed by atoms with E-state index in [1.807, 2.05) is 0 Å². The minimum Gasteiger partial charge on any atom is -0.357 e.